The first-order valence-electron chi connectivity index (χ1n) is 13.3. The third-order valence-electron chi connectivity index (χ3n) is 6.85. The fraction of sp³-hybridized carbons (Fsp3) is 0.121. The number of Topliss-reactive ketones (excluding diaryl/α,β-unsaturated/α-hetero) is 1. The van der Waals surface area contributed by atoms with E-state index in [4.69, 9.17) is 9.47 Å². The second-order valence-corrected chi connectivity index (χ2v) is 10.6. The van der Waals surface area contributed by atoms with Crippen molar-refractivity contribution in [2.45, 2.75) is 19.6 Å². The number of rotatable bonds is 8. The molecule has 9 heteroatoms. The molecule has 0 spiro atoms. The lowest BCUT2D eigenvalue weighted by atomic mass is 9.95. The van der Waals surface area contributed by atoms with Gasteiger partial charge in [-0.2, -0.15) is 0 Å². The number of ketones is 1. The molecule has 1 fully saturated rings. The summed E-state index contributed by atoms with van der Waals surface area (Å²) in [4.78, 5) is 33.0. The van der Waals surface area contributed by atoms with Crippen molar-refractivity contribution in [2.75, 3.05) is 11.5 Å². The maximum atomic E-state index is 14.0. The average molecular weight is 581 g/mol. The second-order valence-electron chi connectivity index (χ2n) is 9.58. The molecule has 1 aliphatic heterocycles. The van der Waals surface area contributed by atoms with Crippen LogP contribution in [-0.2, 0) is 16.2 Å². The van der Waals surface area contributed by atoms with Crippen LogP contribution >= 0.6 is 11.3 Å². The Balaban J connectivity index is 1.46. The predicted octanol–water partition coefficient (Wildman–Crippen LogP) is 7.04. The number of aliphatic hydroxyl groups is 1. The number of carbonyl (C=O) groups excluding carboxylic acids is 2. The number of aromatic nitrogens is 1. The minimum absolute atomic E-state index is 0.0881. The Morgan fingerprint density at radius 1 is 0.929 bits per heavy atom. The van der Waals surface area contributed by atoms with Gasteiger partial charge in [0.25, 0.3) is 5.78 Å². The van der Waals surface area contributed by atoms with Gasteiger partial charge < -0.3 is 14.6 Å². The first kappa shape index (κ1) is 27.2. The number of carbonyl (C=O) groups is 2. The highest BCUT2D eigenvalue weighted by Gasteiger charge is 2.48. The molecule has 1 saturated heterocycles. The SMILES string of the molecule is CCOc1ccc(/C(O)=C2\C(=O)C(=O)N(c3nc4ccc(F)cc4s3)C2c2cccc(OCc3ccccc3)c2)cc1. The summed E-state index contributed by atoms with van der Waals surface area (Å²) in [5.41, 5.74) is 2.27. The van der Waals surface area contributed by atoms with Crippen molar-refractivity contribution >= 4 is 44.1 Å². The molecule has 1 aliphatic rings. The molecule has 0 radical (unpaired) electrons. The zero-order chi connectivity index (χ0) is 29.2. The Kier molecular flexibility index (Phi) is 7.41. The number of aliphatic hydroxyl groups excluding tert-OH is 1. The molecule has 42 heavy (non-hydrogen) atoms. The van der Waals surface area contributed by atoms with Gasteiger partial charge in [-0.1, -0.05) is 53.8 Å². The van der Waals surface area contributed by atoms with E-state index in [0.29, 0.717) is 46.1 Å². The molecule has 6 rings (SSSR count). The van der Waals surface area contributed by atoms with Crippen molar-refractivity contribution in [3.63, 3.8) is 0 Å². The number of ether oxygens (including phenoxy) is 2. The van der Waals surface area contributed by atoms with Gasteiger partial charge in [-0.25, -0.2) is 9.37 Å². The van der Waals surface area contributed by atoms with Crippen LogP contribution in [0.1, 0.15) is 29.7 Å². The fourth-order valence-electron chi connectivity index (χ4n) is 4.88. The number of hydrogen-bond donors (Lipinski definition) is 1. The van der Waals surface area contributed by atoms with Crippen LogP contribution < -0.4 is 14.4 Å². The largest absolute Gasteiger partial charge is 0.507 e. The highest BCUT2D eigenvalue weighted by atomic mass is 32.1. The highest BCUT2D eigenvalue weighted by Crippen LogP contribution is 2.45. The van der Waals surface area contributed by atoms with E-state index in [0.717, 1.165) is 16.9 Å². The Morgan fingerprint density at radius 3 is 2.48 bits per heavy atom. The van der Waals surface area contributed by atoms with Gasteiger partial charge >= 0.3 is 5.91 Å². The quantitative estimate of drug-likeness (QED) is 0.120. The summed E-state index contributed by atoms with van der Waals surface area (Å²) in [6.45, 7) is 2.66. The number of fused-ring (bicyclic) bond motifs is 1. The number of thiazole rings is 1. The lowest BCUT2D eigenvalue weighted by Crippen LogP contribution is -2.29. The third kappa shape index (κ3) is 5.22. The maximum Gasteiger partial charge on any atom is 0.301 e. The van der Waals surface area contributed by atoms with E-state index in [1.54, 1.807) is 48.5 Å². The topological polar surface area (TPSA) is 89.0 Å². The number of amides is 1. The lowest BCUT2D eigenvalue weighted by Gasteiger charge is -2.23. The molecule has 0 saturated carbocycles. The summed E-state index contributed by atoms with van der Waals surface area (Å²) < 4.78 is 26.0. The van der Waals surface area contributed by atoms with Crippen molar-refractivity contribution in [3.8, 4) is 11.5 Å². The Bertz CT molecular complexity index is 1820. The monoisotopic (exact) mass is 580 g/mol. The number of halogens is 1. The first-order chi connectivity index (χ1) is 20.4. The standard InChI is InChI=1S/C33H25FN2O5S/c1-2-40-24-14-11-21(12-15-24)30(37)28-29(22-9-6-10-25(17-22)41-19-20-7-4-3-5-8-20)36(32(39)31(28)38)33-35-26-16-13-23(34)18-27(26)42-33/h3-18,29,37H,2,19H2,1H3/b30-28+. The van der Waals surface area contributed by atoms with Gasteiger partial charge in [0.2, 0.25) is 0 Å². The van der Waals surface area contributed by atoms with Gasteiger partial charge in [-0.05, 0) is 72.6 Å². The first-order valence-corrected chi connectivity index (χ1v) is 14.1. The van der Waals surface area contributed by atoms with E-state index in [9.17, 15) is 19.1 Å². The molecule has 5 aromatic rings. The second kappa shape index (κ2) is 11.5. The maximum absolute atomic E-state index is 14.0. The van der Waals surface area contributed by atoms with Crippen LogP contribution in [0.4, 0.5) is 9.52 Å². The summed E-state index contributed by atoms with van der Waals surface area (Å²) in [6, 6.07) is 26.5. The number of nitrogens with zero attached hydrogens (tertiary/aromatic N) is 2. The van der Waals surface area contributed by atoms with Gasteiger partial charge in [0.05, 0.1) is 28.4 Å². The van der Waals surface area contributed by atoms with E-state index < -0.39 is 23.5 Å². The molecule has 1 unspecified atom stereocenters. The molecular formula is C33H25FN2O5S. The molecule has 0 bridgehead atoms. The van der Waals surface area contributed by atoms with E-state index in [1.807, 2.05) is 37.3 Å². The molecule has 1 aromatic heterocycles. The Morgan fingerprint density at radius 2 is 1.71 bits per heavy atom. The van der Waals surface area contributed by atoms with Crippen molar-refractivity contribution in [1.82, 2.24) is 4.98 Å². The molecule has 1 N–H and O–H groups in total. The number of hydrogen-bond acceptors (Lipinski definition) is 7. The molecule has 2 heterocycles. The zero-order valence-electron chi connectivity index (χ0n) is 22.5. The van der Waals surface area contributed by atoms with E-state index in [2.05, 4.69) is 4.98 Å². The van der Waals surface area contributed by atoms with Crippen LogP contribution in [0.5, 0.6) is 11.5 Å². The fourth-order valence-corrected chi connectivity index (χ4v) is 5.90. The van der Waals surface area contributed by atoms with Crippen molar-refractivity contribution in [1.29, 1.82) is 0 Å². The van der Waals surface area contributed by atoms with Gasteiger partial charge in [0, 0.05) is 5.56 Å². The van der Waals surface area contributed by atoms with Crippen LogP contribution in [-0.4, -0.2) is 28.4 Å². The normalized spacial score (nSPS) is 16.2. The minimum atomic E-state index is -1.01. The molecule has 210 valence electrons. The van der Waals surface area contributed by atoms with Gasteiger partial charge in [-0.3, -0.25) is 14.5 Å². The third-order valence-corrected chi connectivity index (χ3v) is 7.87. The Hall–Kier alpha value is -5.02. The molecule has 1 amide bonds. The summed E-state index contributed by atoms with van der Waals surface area (Å²) in [5.74, 6) is -1.33. The van der Waals surface area contributed by atoms with Gasteiger partial charge in [0.15, 0.2) is 5.13 Å². The van der Waals surface area contributed by atoms with Crippen LogP contribution in [0.3, 0.4) is 0 Å². The number of benzene rings is 4. The molecule has 1 atom stereocenters. The zero-order valence-corrected chi connectivity index (χ0v) is 23.3. The summed E-state index contributed by atoms with van der Waals surface area (Å²) in [7, 11) is 0. The molecular weight excluding hydrogens is 555 g/mol. The summed E-state index contributed by atoms with van der Waals surface area (Å²) >= 11 is 1.09. The van der Waals surface area contributed by atoms with Crippen molar-refractivity contribution in [3.05, 3.63) is 125 Å². The van der Waals surface area contributed by atoms with Crippen molar-refractivity contribution < 1.29 is 28.6 Å². The molecule has 0 aliphatic carbocycles. The molecule has 4 aromatic carbocycles. The van der Waals surface area contributed by atoms with Crippen LogP contribution in [0, 0.1) is 5.82 Å². The van der Waals surface area contributed by atoms with Crippen LogP contribution in [0.15, 0.2) is 103 Å². The van der Waals surface area contributed by atoms with Crippen LogP contribution in [0.25, 0.3) is 16.0 Å². The average Bonchev–Trinajstić information content (AvgIpc) is 3.54. The van der Waals surface area contributed by atoms with E-state index in [1.165, 1.54) is 23.1 Å². The molecule has 7 nitrogen and oxygen atoms in total. The summed E-state index contributed by atoms with van der Waals surface area (Å²) in [5, 5.41) is 11.7. The van der Waals surface area contributed by atoms with Crippen LogP contribution in [0.2, 0.25) is 0 Å². The van der Waals surface area contributed by atoms with Gasteiger partial charge in [-0.15, -0.1) is 0 Å². The highest BCUT2D eigenvalue weighted by molar-refractivity contribution is 7.22. The number of anilines is 1. The van der Waals surface area contributed by atoms with E-state index >= 15 is 0 Å². The predicted molar refractivity (Wildman–Crippen MR) is 159 cm³/mol. The lowest BCUT2D eigenvalue weighted by molar-refractivity contribution is -0.132. The van der Waals surface area contributed by atoms with Crippen molar-refractivity contribution in [2.24, 2.45) is 0 Å². The van der Waals surface area contributed by atoms with Gasteiger partial charge in [0.1, 0.15) is 29.7 Å². The summed E-state index contributed by atoms with van der Waals surface area (Å²) in [6.07, 6.45) is 0. The smallest absolute Gasteiger partial charge is 0.301 e. The minimum Gasteiger partial charge on any atom is -0.507 e. The van der Waals surface area contributed by atoms with E-state index in [-0.39, 0.29) is 16.5 Å². The Labute approximate surface area is 245 Å².